The Hall–Kier alpha value is 0.870. The maximum atomic E-state index is 9.62. The molecule has 0 heterocycles. The van der Waals surface area contributed by atoms with Gasteiger partial charge in [-0.05, 0) is 0 Å². The van der Waals surface area contributed by atoms with Gasteiger partial charge < -0.3 is 4.72 Å². The van der Waals surface area contributed by atoms with Crippen LogP contribution in [0.2, 0.25) is 0 Å². The van der Waals surface area contributed by atoms with Crippen molar-refractivity contribution in [2.45, 2.75) is 6.92 Å². The minimum atomic E-state index is -4.05. The smallest absolute Gasteiger partial charge is 0.525 e. The van der Waals surface area contributed by atoms with Crippen LogP contribution in [-0.4, -0.2) is 19.5 Å². The predicted molar refractivity (Wildman–Crippen MR) is 25.4 cm³/mol. The second kappa shape index (κ2) is 4.72. The molecule has 0 atom stereocenters. The summed E-state index contributed by atoms with van der Waals surface area (Å²) >= 11 is 0. The maximum absolute atomic E-state index is 9.62. The second-order valence-corrected chi connectivity index (χ2v) is 2.05. The van der Waals surface area contributed by atoms with Crippen molar-refractivity contribution in [3.8, 4) is 0 Å². The Labute approximate surface area is 70.8 Å². The summed E-state index contributed by atoms with van der Waals surface area (Å²) in [5.74, 6) is 0. The molecule has 0 aromatic carbocycles. The van der Waals surface area contributed by atoms with Gasteiger partial charge in [0.25, 0.3) is 0 Å². The molecule has 0 bridgehead atoms. The molecule has 0 amide bonds. The van der Waals surface area contributed by atoms with Gasteiger partial charge in [0.05, 0.1) is 0 Å². The fraction of sp³-hybridized carbons (Fsp3) is 1.00. The van der Waals surface area contributed by atoms with E-state index >= 15 is 0 Å². The molecule has 0 aromatic rings. The van der Waals surface area contributed by atoms with E-state index in [2.05, 4.69) is 4.72 Å². The first-order valence-corrected chi connectivity index (χ1v) is 3.12. The molecule has 1 N–H and O–H groups in total. The molecular formula is C2H6NNaO3S. The van der Waals surface area contributed by atoms with Crippen LogP contribution in [0, 0.1) is 0 Å². The Morgan fingerprint density at radius 1 is 1.62 bits per heavy atom. The Bertz CT molecular complexity index is 130. The molecule has 4 nitrogen and oxygen atoms in total. The van der Waals surface area contributed by atoms with E-state index in [1.165, 1.54) is 6.92 Å². The van der Waals surface area contributed by atoms with Gasteiger partial charge >= 0.3 is 29.6 Å². The van der Waals surface area contributed by atoms with Crippen molar-refractivity contribution in [3.63, 3.8) is 0 Å². The molecule has 0 saturated carbocycles. The Morgan fingerprint density at radius 2 is 2.00 bits per heavy atom. The summed E-state index contributed by atoms with van der Waals surface area (Å²) in [6, 6.07) is 0. The zero-order valence-electron chi connectivity index (χ0n) is 4.83. The fourth-order valence-electron chi connectivity index (χ4n) is 0.163. The van der Waals surface area contributed by atoms with Crippen LogP contribution >= 0.6 is 0 Å². The van der Waals surface area contributed by atoms with Crippen LogP contribution in [0.1, 0.15) is 6.92 Å². The van der Waals surface area contributed by atoms with Crippen molar-refractivity contribution in [1.29, 1.82) is 0 Å². The van der Waals surface area contributed by atoms with Crippen LogP contribution in [0.25, 0.3) is 4.72 Å². The van der Waals surface area contributed by atoms with Gasteiger partial charge in [-0.2, -0.15) is 0 Å². The third kappa shape index (κ3) is 9.98. The first-order valence-electron chi connectivity index (χ1n) is 1.72. The summed E-state index contributed by atoms with van der Waals surface area (Å²) in [7, 11) is -4.05. The van der Waals surface area contributed by atoms with Crippen LogP contribution < -0.4 is 29.6 Å². The molecule has 6 heteroatoms. The molecule has 0 fully saturated rings. The fourth-order valence-corrected chi connectivity index (χ4v) is 0.489. The molecule has 44 valence electrons. The van der Waals surface area contributed by atoms with E-state index in [-0.39, 0.29) is 36.1 Å². The zero-order chi connectivity index (χ0) is 5.91. The van der Waals surface area contributed by atoms with Crippen molar-refractivity contribution >= 4 is 10.3 Å². The molecule has 0 aliphatic heterocycles. The van der Waals surface area contributed by atoms with E-state index < -0.39 is 10.3 Å². The second-order valence-electron chi connectivity index (χ2n) is 0.893. The predicted octanol–water partition coefficient (Wildman–Crippen LogP) is -2.81. The monoisotopic (exact) mass is 147 g/mol. The number of hydrogen-bond acceptors (Lipinski definition) is 2. The van der Waals surface area contributed by atoms with Crippen LogP contribution in [0.5, 0.6) is 0 Å². The summed E-state index contributed by atoms with van der Waals surface area (Å²) < 4.78 is 29.8. The molecule has 0 radical (unpaired) electrons. The molecule has 0 aliphatic carbocycles. The molecule has 8 heavy (non-hydrogen) atoms. The van der Waals surface area contributed by atoms with Gasteiger partial charge in [-0.3, -0.25) is 4.55 Å². The van der Waals surface area contributed by atoms with Gasteiger partial charge in [0.1, 0.15) is 0 Å². The average Bonchev–Trinajstić information content (AvgIpc) is 1.30. The van der Waals surface area contributed by atoms with Gasteiger partial charge in [-0.1, -0.05) is 6.92 Å². The first-order chi connectivity index (χ1) is 3.06. The van der Waals surface area contributed by atoms with Crippen LogP contribution in [0.4, 0.5) is 0 Å². The molecule has 0 unspecified atom stereocenters. The van der Waals surface area contributed by atoms with Crippen LogP contribution in [0.15, 0.2) is 0 Å². The molecule has 0 aromatic heterocycles. The van der Waals surface area contributed by atoms with E-state index in [1.54, 1.807) is 0 Å². The summed E-state index contributed by atoms with van der Waals surface area (Å²) in [6.07, 6.45) is 0. The van der Waals surface area contributed by atoms with Gasteiger partial charge in [-0.25, -0.2) is 8.42 Å². The standard InChI is InChI=1S/C2H6NO3S.Na/c1-2-3-7(4,5)6;/h2H2,1H3,(H,4,5,6);/q-1;+1. The Balaban J connectivity index is 0. The third-order valence-corrected chi connectivity index (χ3v) is 0.877. The van der Waals surface area contributed by atoms with Crippen molar-refractivity contribution in [3.05, 3.63) is 4.72 Å². The van der Waals surface area contributed by atoms with Gasteiger partial charge in [0, 0.05) is 0 Å². The van der Waals surface area contributed by atoms with Crippen molar-refractivity contribution < 1.29 is 42.5 Å². The SMILES string of the molecule is CC[N-]S(=O)(=O)O.[Na+]. The summed E-state index contributed by atoms with van der Waals surface area (Å²) in [6.45, 7) is 1.62. The quantitative estimate of drug-likeness (QED) is 0.338. The molecule has 0 rings (SSSR count). The average molecular weight is 147 g/mol. The maximum Gasteiger partial charge on any atom is 1.00 e. The minimum absolute atomic E-state index is 0. The van der Waals surface area contributed by atoms with Gasteiger partial charge in [0.15, 0.2) is 10.3 Å². The van der Waals surface area contributed by atoms with Crippen molar-refractivity contribution in [2.75, 3.05) is 6.54 Å². The number of hydrogen-bond donors (Lipinski definition) is 1. The zero-order valence-corrected chi connectivity index (χ0v) is 7.64. The van der Waals surface area contributed by atoms with E-state index in [0.29, 0.717) is 0 Å². The number of nitrogens with zero attached hydrogens (tertiary/aromatic N) is 1. The molecule has 0 aliphatic rings. The normalized spacial score (nSPS) is 10.2. The van der Waals surface area contributed by atoms with Gasteiger partial charge in [-0.15, -0.1) is 6.54 Å². The molecule has 0 spiro atoms. The van der Waals surface area contributed by atoms with E-state index in [1.807, 2.05) is 0 Å². The van der Waals surface area contributed by atoms with Crippen LogP contribution in [-0.2, 0) is 10.3 Å². The largest absolute Gasteiger partial charge is 1.00 e. The van der Waals surface area contributed by atoms with Crippen LogP contribution in [0.3, 0.4) is 0 Å². The Kier molecular flexibility index (Phi) is 6.87. The van der Waals surface area contributed by atoms with Crippen molar-refractivity contribution in [2.24, 2.45) is 0 Å². The minimum Gasteiger partial charge on any atom is -0.525 e. The van der Waals surface area contributed by atoms with E-state index in [0.717, 1.165) is 0 Å². The molecule has 0 saturated heterocycles. The third-order valence-electron chi connectivity index (χ3n) is 0.292. The van der Waals surface area contributed by atoms with Crippen molar-refractivity contribution in [1.82, 2.24) is 0 Å². The van der Waals surface area contributed by atoms with E-state index in [4.69, 9.17) is 4.55 Å². The first kappa shape index (κ1) is 11.6. The molecular weight excluding hydrogens is 141 g/mol. The topological polar surface area (TPSA) is 68.5 Å². The Morgan fingerprint density at radius 3 is 2.00 bits per heavy atom. The van der Waals surface area contributed by atoms with E-state index in [9.17, 15) is 8.42 Å². The summed E-state index contributed by atoms with van der Waals surface area (Å²) in [4.78, 5) is 0. The van der Waals surface area contributed by atoms with Gasteiger partial charge in [0.2, 0.25) is 0 Å². The summed E-state index contributed by atoms with van der Waals surface area (Å²) in [5, 5.41) is 0. The summed E-state index contributed by atoms with van der Waals surface area (Å²) in [5.41, 5.74) is 0. The number of rotatable bonds is 2.